The molecular formula is C21H21NO3. The van der Waals surface area contributed by atoms with Gasteiger partial charge in [-0.2, -0.15) is 0 Å². The maximum Gasteiger partial charge on any atom is 0.309 e. The number of aromatic nitrogens is 1. The molecule has 1 saturated heterocycles. The highest BCUT2D eigenvalue weighted by molar-refractivity contribution is 5.80. The third-order valence-electron chi connectivity index (χ3n) is 4.33. The zero-order valence-corrected chi connectivity index (χ0v) is 14.2. The zero-order valence-electron chi connectivity index (χ0n) is 14.2. The molecule has 1 aromatic carbocycles. The Kier molecular flexibility index (Phi) is 5.10. The number of pyridine rings is 1. The van der Waals surface area contributed by atoms with Gasteiger partial charge in [-0.05, 0) is 35.8 Å². The molecule has 1 aliphatic rings. The second-order valence-electron chi connectivity index (χ2n) is 6.15. The molecule has 0 spiro atoms. The van der Waals surface area contributed by atoms with E-state index in [0.717, 1.165) is 27.9 Å². The Bertz CT molecular complexity index is 811. The van der Waals surface area contributed by atoms with Crippen molar-refractivity contribution in [2.45, 2.75) is 32.0 Å². The largest absolute Gasteiger partial charge is 0.458 e. The van der Waals surface area contributed by atoms with Crippen molar-refractivity contribution in [3.05, 3.63) is 66.0 Å². The monoisotopic (exact) mass is 335 g/mol. The van der Waals surface area contributed by atoms with Crippen molar-refractivity contribution in [2.24, 2.45) is 0 Å². The average Bonchev–Trinajstić information content (AvgIpc) is 2.60. The number of benzene rings is 1. The third kappa shape index (κ3) is 3.86. The van der Waals surface area contributed by atoms with E-state index in [1.165, 1.54) is 0 Å². The van der Waals surface area contributed by atoms with E-state index in [2.05, 4.69) is 23.7 Å². The van der Waals surface area contributed by atoms with Gasteiger partial charge in [0.25, 0.3) is 0 Å². The van der Waals surface area contributed by atoms with Crippen molar-refractivity contribution in [2.75, 3.05) is 0 Å². The van der Waals surface area contributed by atoms with Gasteiger partial charge in [0.2, 0.25) is 0 Å². The minimum absolute atomic E-state index is 0.0638. The number of nitrogens with zero attached hydrogens (tertiary/aromatic N) is 1. The van der Waals surface area contributed by atoms with Gasteiger partial charge in [-0.3, -0.25) is 9.78 Å². The number of rotatable bonds is 4. The maximum atomic E-state index is 11.5. The van der Waals surface area contributed by atoms with Crippen molar-refractivity contribution in [3.8, 4) is 11.1 Å². The predicted octanol–water partition coefficient (Wildman–Crippen LogP) is 3.78. The molecule has 25 heavy (non-hydrogen) atoms. The highest BCUT2D eigenvalue weighted by atomic mass is 16.5. The number of cyclic esters (lactones) is 1. The van der Waals surface area contributed by atoms with E-state index in [9.17, 15) is 9.90 Å². The number of hydrogen-bond donors (Lipinski definition) is 1. The lowest BCUT2D eigenvalue weighted by molar-refractivity contribution is -0.156. The van der Waals surface area contributed by atoms with Crippen molar-refractivity contribution >= 4 is 18.1 Å². The average molecular weight is 335 g/mol. The van der Waals surface area contributed by atoms with Crippen molar-refractivity contribution in [3.63, 3.8) is 0 Å². The second kappa shape index (κ2) is 7.45. The van der Waals surface area contributed by atoms with Crippen LogP contribution >= 0.6 is 0 Å². The smallest absolute Gasteiger partial charge is 0.309 e. The first-order valence-corrected chi connectivity index (χ1v) is 8.31. The topological polar surface area (TPSA) is 59.4 Å². The highest BCUT2D eigenvalue weighted by Gasteiger charge is 2.25. The number of esters is 1. The van der Waals surface area contributed by atoms with Gasteiger partial charge < -0.3 is 9.84 Å². The SMILES string of the molecule is C=Cc1ncc(/C=C/C2CC(O)CC(=O)O2)c(-c2ccccc2)c1C. The molecule has 1 N–H and O–H groups in total. The quantitative estimate of drug-likeness (QED) is 0.864. The molecule has 1 aliphatic heterocycles. The summed E-state index contributed by atoms with van der Waals surface area (Å²) in [6, 6.07) is 10.1. The van der Waals surface area contributed by atoms with Crippen LogP contribution in [0, 0.1) is 6.92 Å². The summed E-state index contributed by atoms with van der Waals surface area (Å²) in [7, 11) is 0. The fourth-order valence-electron chi connectivity index (χ4n) is 3.10. The van der Waals surface area contributed by atoms with Gasteiger partial charge in [0.1, 0.15) is 6.10 Å². The van der Waals surface area contributed by atoms with Crippen LogP contribution < -0.4 is 0 Å². The lowest BCUT2D eigenvalue weighted by Gasteiger charge is -2.23. The molecule has 2 aromatic rings. The Morgan fingerprint density at radius 3 is 2.76 bits per heavy atom. The molecule has 0 aliphatic carbocycles. The summed E-state index contributed by atoms with van der Waals surface area (Å²) >= 11 is 0. The first kappa shape index (κ1) is 17.1. The summed E-state index contributed by atoms with van der Waals surface area (Å²) in [5.41, 5.74) is 4.99. The van der Waals surface area contributed by atoms with Crippen LogP contribution in [-0.2, 0) is 9.53 Å². The Labute approximate surface area is 147 Å². The van der Waals surface area contributed by atoms with Gasteiger partial charge >= 0.3 is 5.97 Å². The van der Waals surface area contributed by atoms with Gasteiger partial charge in [-0.25, -0.2) is 0 Å². The molecular weight excluding hydrogens is 314 g/mol. The van der Waals surface area contributed by atoms with Crippen molar-refractivity contribution in [1.29, 1.82) is 0 Å². The van der Waals surface area contributed by atoms with Gasteiger partial charge in [0.15, 0.2) is 0 Å². The molecule has 0 radical (unpaired) electrons. The second-order valence-corrected chi connectivity index (χ2v) is 6.15. The molecule has 2 atom stereocenters. The third-order valence-corrected chi connectivity index (χ3v) is 4.33. The van der Waals surface area contributed by atoms with Gasteiger partial charge in [0.05, 0.1) is 18.2 Å². The van der Waals surface area contributed by atoms with E-state index < -0.39 is 12.2 Å². The van der Waals surface area contributed by atoms with E-state index in [-0.39, 0.29) is 12.4 Å². The molecule has 0 bridgehead atoms. The van der Waals surface area contributed by atoms with Crippen LogP contribution in [0.15, 0.2) is 49.2 Å². The molecule has 2 unspecified atom stereocenters. The minimum Gasteiger partial charge on any atom is -0.458 e. The lowest BCUT2D eigenvalue weighted by atomic mass is 9.94. The first-order chi connectivity index (χ1) is 12.1. The van der Waals surface area contributed by atoms with Crippen LogP contribution in [0.25, 0.3) is 23.3 Å². The molecule has 4 nitrogen and oxygen atoms in total. The Hall–Kier alpha value is -2.72. The maximum absolute atomic E-state index is 11.5. The van der Waals surface area contributed by atoms with E-state index in [0.29, 0.717) is 6.42 Å². The number of hydrogen-bond acceptors (Lipinski definition) is 4. The number of carbonyl (C=O) groups excluding carboxylic acids is 1. The highest BCUT2D eigenvalue weighted by Crippen LogP contribution is 2.30. The number of ether oxygens (including phenoxy) is 1. The van der Waals surface area contributed by atoms with Gasteiger partial charge in [0, 0.05) is 18.2 Å². The minimum atomic E-state index is -0.646. The summed E-state index contributed by atoms with van der Waals surface area (Å²) in [6.07, 6.45) is 6.68. The van der Waals surface area contributed by atoms with Gasteiger partial charge in [-0.1, -0.05) is 43.0 Å². The normalized spacial score (nSPS) is 20.5. The van der Waals surface area contributed by atoms with Crippen LogP contribution in [0.1, 0.15) is 29.7 Å². The summed E-state index contributed by atoms with van der Waals surface area (Å²) in [5, 5.41) is 9.73. The molecule has 1 fully saturated rings. The predicted molar refractivity (Wildman–Crippen MR) is 98.7 cm³/mol. The van der Waals surface area contributed by atoms with Crippen LogP contribution in [0.5, 0.6) is 0 Å². The Balaban J connectivity index is 1.98. The van der Waals surface area contributed by atoms with Crippen LogP contribution in [0.4, 0.5) is 0 Å². The Morgan fingerprint density at radius 1 is 1.32 bits per heavy atom. The van der Waals surface area contributed by atoms with E-state index in [1.54, 1.807) is 12.3 Å². The number of aliphatic hydroxyl groups excluding tert-OH is 1. The van der Waals surface area contributed by atoms with E-state index in [1.807, 2.05) is 37.3 Å². The number of carbonyl (C=O) groups is 1. The molecule has 1 aromatic heterocycles. The van der Waals surface area contributed by atoms with Crippen molar-refractivity contribution in [1.82, 2.24) is 4.98 Å². The van der Waals surface area contributed by atoms with Crippen LogP contribution in [0.3, 0.4) is 0 Å². The molecule has 0 saturated carbocycles. The molecule has 128 valence electrons. The first-order valence-electron chi connectivity index (χ1n) is 8.31. The fourth-order valence-corrected chi connectivity index (χ4v) is 3.10. The number of aliphatic hydroxyl groups is 1. The summed E-state index contributed by atoms with van der Waals surface area (Å²) in [5.74, 6) is -0.368. The fraction of sp³-hybridized carbons (Fsp3) is 0.238. The summed E-state index contributed by atoms with van der Waals surface area (Å²) in [4.78, 5) is 15.9. The summed E-state index contributed by atoms with van der Waals surface area (Å²) < 4.78 is 5.28. The van der Waals surface area contributed by atoms with E-state index in [4.69, 9.17) is 4.74 Å². The summed E-state index contributed by atoms with van der Waals surface area (Å²) in [6.45, 7) is 5.85. The van der Waals surface area contributed by atoms with Crippen LogP contribution in [-0.4, -0.2) is 28.3 Å². The Morgan fingerprint density at radius 2 is 2.08 bits per heavy atom. The standard InChI is InChI=1S/C21H21NO3/c1-3-19-14(2)21(15-7-5-4-6-8-15)16(13-22-19)9-10-18-11-17(23)12-20(24)25-18/h3-10,13,17-18,23H,1,11-12H2,2H3/b10-9+. The van der Waals surface area contributed by atoms with Gasteiger partial charge in [-0.15, -0.1) is 0 Å². The van der Waals surface area contributed by atoms with Crippen molar-refractivity contribution < 1.29 is 14.6 Å². The zero-order chi connectivity index (χ0) is 17.8. The molecule has 0 amide bonds. The van der Waals surface area contributed by atoms with E-state index >= 15 is 0 Å². The van der Waals surface area contributed by atoms with Crippen LogP contribution in [0.2, 0.25) is 0 Å². The molecule has 4 heteroatoms. The molecule has 2 heterocycles. The lowest BCUT2D eigenvalue weighted by Crippen LogP contribution is -2.31. The molecule has 3 rings (SSSR count).